The van der Waals surface area contributed by atoms with Gasteiger partial charge >= 0.3 is 0 Å². The Balaban J connectivity index is 1.89. The molecule has 2 N–H and O–H groups in total. The molecule has 0 bridgehead atoms. The Morgan fingerprint density at radius 1 is 0.651 bits per heavy atom. The van der Waals surface area contributed by atoms with Gasteiger partial charge in [-0.25, -0.2) is 0 Å². The molecule has 0 heterocycles. The number of hydrogen-bond acceptors (Lipinski definition) is 3. The minimum atomic E-state index is -0.532. The van der Waals surface area contributed by atoms with Gasteiger partial charge in [0, 0.05) is 5.41 Å². The minimum absolute atomic E-state index is 0.00528. The van der Waals surface area contributed by atoms with E-state index in [0.29, 0.717) is 12.8 Å². The maximum absolute atomic E-state index is 12.9. The number of ketones is 1. The van der Waals surface area contributed by atoms with Crippen LogP contribution in [-0.2, 0) is 4.79 Å². The summed E-state index contributed by atoms with van der Waals surface area (Å²) in [7, 11) is 0. The molecule has 0 aromatic rings. The fourth-order valence-corrected chi connectivity index (χ4v) is 6.19. The van der Waals surface area contributed by atoms with Crippen molar-refractivity contribution >= 4 is 5.78 Å². The van der Waals surface area contributed by atoms with Crippen molar-refractivity contribution < 1.29 is 15.0 Å². The van der Waals surface area contributed by atoms with Crippen molar-refractivity contribution in [1.82, 2.24) is 0 Å². The smallest absolute Gasteiger partial charge is 0.162 e. The topological polar surface area (TPSA) is 57.5 Å². The van der Waals surface area contributed by atoms with Gasteiger partial charge in [-0.2, -0.15) is 0 Å². The number of aliphatic hydroxyl groups excluding tert-OH is 2. The van der Waals surface area contributed by atoms with E-state index in [4.69, 9.17) is 0 Å². The lowest BCUT2D eigenvalue weighted by atomic mass is 9.66. The predicted octanol–water partition coefficient (Wildman–Crippen LogP) is 9.81. The predicted molar refractivity (Wildman–Crippen MR) is 185 cm³/mol. The normalized spacial score (nSPS) is 27.7. The molecule has 0 aliphatic heterocycles. The zero-order valence-electron chi connectivity index (χ0n) is 28.4. The molecule has 2 aliphatic rings. The van der Waals surface area contributed by atoms with Crippen molar-refractivity contribution in [3.8, 4) is 0 Å². The molecule has 3 nitrogen and oxygen atoms in total. The van der Waals surface area contributed by atoms with Crippen molar-refractivity contribution in [2.45, 2.75) is 107 Å². The number of allylic oxidation sites excluding steroid dienone is 19. The quantitative estimate of drug-likeness (QED) is 0.188. The van der Waals surface area contributed by atoms with Crippen molar-refractivity contribution in [1.29, 1.82) is 0 Å². The summed E-state index contributed by atoms with van der Waals surface area (Å²) in [6.07, 6.45) is 30.6. The van der Waals surface area contributed by atoms with Crippen LogP contribution in [0.1, 0.15) is 94.9 Å². The van der Waals surface area contributed by atoms with Crippen molar-refractivity contribution in [2.75, 3.05) is 0 Å². The Morgan fingerprint density at radius 3 is 1.63 bits per heavy atom. The van der Waals surface area contributed by atoms with Crippen LogP contribution in [0.4, 0.5) is 0 Å². The molecule has 0 unspecified atom stereocenters. The Bertz CT molecular complexity index is 1310. The Hall–Kier alpha value is -3.01. The molecule has 2 rings (SSSR count). The van der Waals surface area contributed by atoms with Crippen molar-refractivity contribution in [3.63, 3.8) is 0 Å². The largest absolute Gasteiger partial charge is 0.393 e. The van der Waals surface area contributed by atoms with Crippen molar-refractivity contribution in [2.24, 2.45) is 16.2 Å². The Kier molecular flexibility index (Phi) is 13.2. The van der Waals surface area contributed by atoms with E-state index in [-0.39, 0.29) is 22.7 Å². The second-order valence-corrected chi connectivity index (χ2v) is 14.2. The fourth-order valence-electron chi connectivity index (χ4n) is 6.19. The summed E-state index contributed by atoms with van der Waals surface area (Å²) in [4.78, 5) is 12.9. The van der Waals surface area contributed by atoms with E-state index in [9.17, 15) is 15.0 Å². The standard InChI is InChI=1S/C40H56O3/c1-29(17-13-19-31(3)21-23-36-33(5)25-34(41)26-38(36,6)7)15-11-12-16-30(2)18-14-20-32(4)22-24-37(43)40(10)28-35(42)27-39(40,8)9/h11-24,34-35,41-42H,25-28H2,1-10H3/t34-,35+,40+/m1/s1. The summed E-state index contributed by atoms with van der Waals surface area (Å²) in [6, 6.07) is 0. The lowest BCUT2D eigenvalue weighted by molar-refractivity contribution is -0.127. The molecule has 0 aromatic carbocycles. The van der Waals surface area contributed by atoms with Gasteiger partial charge in [0.25, 0.3) is 0 Å². The van der Waals surface area contributed by atoms with Crippen LogP contribution in [-0.4, -0.2) is 28.2 Å². The van der Waals surface area contributed by atoms with Crippen LogP contribution in [0.3, 0.4) is 0 Å². The van der Waals surface area contributed by atoms with E-state index < -0.39 is 11.5 Å². The molecule has 234 valence electrons. The van der Waals surface area contributed by atoms with Crippen LogP contribution < -0.4 is 0 Å². The van der Waals surface area contributed by atoms with E-state index in [1.807, 2.05) is 50.3 Å². The summed E-state index contributed by atoms with van der Waals surface area (Å²) in [6.45, 7) is 20.9. The fraction of sp³-hybridized carbons (Fsp3) is 0.475. The Labute approximate surface area is 262 Å². The zero-order valence-corrected chi connectivity index (χ0v) is 28.4. The van der Waals surface area contributed by atoms with Crippen LogP contribution in [0.5, 0.6) is 0 Å². The average molecular weight is 585 g/mol. The van der Waals surface area contributed by atoms with Crippen molar-refractivity contribution in [3.05, 3.63) is 119 Å². The first-order valence-corrected chi connectivity index (χ1v) is 15.7. The molecule has 1 fully saturated rings. The highest BCUT2D eigenvalue weighted by Gasteiger charge is 2.52. The van der Waals surface area contributed by atoms with Crippen LogP contribution >= 0.6 is 0 Å². The number of rotatable bonds is 11. The zero-order chi connectivity index (χ0) is 32.4. The van der Waals surface area contributed by atoms with Gasteiger partial charge in [0.1, 0.15) is 0 Å². The van der Waals surface area contributed by atoms with E-state index in [1.165, 1.54) is 16.7 Å². The molecule has 0 spiro atoms. The van der Waals surface area contributed by atoms with Gasteiger partial charge in [-0.05, 0) is 82.8 Å². The lowest BCUT2D eigenvalue weighted by Gasteiger charge is -2.35. The minimum Gasteiger partial charge on any atom is -0.393 e. The third kappa shape index (κ3) is 10.9. The molecule has 0 amide bonds. The van der Waals surface area contributed by atoms with E-state index in [2.05, 4.69) is 97.9 Å². The monoisotopic (exact) mass is 584 g/mol. The summed E-state index contributed by atoms with van der Waals surface area (Å²) < 4.78 is 0. The number of carbonyl (C=O) groups excluding carboxylic acids is 1. The van der Waals surface area contributed by atoms with Gasteiger partial charge in [-0.1, -0.05) is 141 Å². The van der Waals surface area contributed by atoms with Gasteiger partial charge < -0.3 is 10.2 Å². The third-order valence-electron chi connectivity index (χ3n) is 9.18. The van der Waals surface area contributed by atoms with E-state index >= 15 is 0 Å². The van der Waals surface area contributed by atoms with Gasteiger partial charge in [0.05, 0.1) is 12.2 Å². The second-order valence-electron chi connectivity index (χ2n) is 14.2. The molecule has 3 heteroatoms. The first-order valence-electron chi connectivity index (χ1n) is 15.7. The Morgan fingerprint density at radius 2 is 1.14 bits per heavy atom. The first kappa shape index (κ1) is 36.2. The van der Waals surface area contributed by atoms with Crippen LogP contribution in [0.15, 0.2) is 119 Å². The highest BCUT2D eigenvalue weighted by molar-refractivity contribution is 5.95. The van der Waals surface area contributed by atoms with Gasteiger partial charge in [-0.3, -0.25) is 4.79 Å². The van der Waals surface area contributed by atoms with Crippen LogP contribution in [0.2, 0.25) is 0 Å². The molecular formula is C40H56O3. The van der Waals surface area contributed by atoms with Gasteiger partial charge in [0.15, 0.2) is 5.78 Å². The molecule has 0 saturated heterocycles. The molecular weight excluding hydrogens is 528 g/mol. The number of carbonyl (C=O) groups is 1. The molecule has 2 aliphatic carbocycles. The average Bonchev–Trinajstić information content (AvgIpc) is 3.10. The van der Waals surface area contributed by atoms with E-state index in [0.717, 1.165) is 29.6 Å². The highest BCUT2D eigenvalue weighted by Crippen LogP contribution is 2.53. The summed E-state index contributed by atoms with van der Waals surface area (Å²) in [5.41, 5.74) is 6.34. The number of hydrogen-bond donors (Lipinski definition) is 2. The summed E-state index contributed by atoms with van der Waals surface area (Å²) in [5, 5.41) is 20.2. The maximum atomic E-state index is 12.9. The molecule has 1 saturated carbocycles. The molecule has 43 heavy (non-hydrogen) atoms. The maximum Gasteiger partial charge on any atom is 0.162 e. The second kappa shape index (κ2) is 15.6. The van der Waals surface area contributed by atoms with Gasteiger partial charge in [0.2, 0.25) is 0 Å². The highest BCUT2D eigenvalue weighted by atomic mass is 16.3. The van der Waals surface area contributed by atoms with Crippen LogP contribution in [0.25, 0.3) is 0 Å². The number of aliphatic hydroxyl groups is 2. The molecule has 3 atom stereocenters. The first-order chi connectivity index (χ1) is 20.0. The molecule has 0 radical (unpaired) electrons. The van der Waals surface area contributed by atoms with E-state index in [1.54, 1.807) is 6.08 Å². The van der Waals surface area contributed by atoms with Crippen LogP contribution in [0, 0.1) is 16.2 Å². The van der Waals surface area contributed by atoms with Gasteiger partial charge in [-0.15, -0.1) is 0 Å². The lowest BCUT2D eigenvalue weighted by Crippen LogP contribution is -2.36. The summed E-state index contributed by atoms with van der Waals surface area (Å²) in [5.74, 6) is 0.0853. The molecule has 0 aromatic heterocycles. The summed E-state index contributed by atoms with van der Waals surface area (Å²) >= 11 is 0. The third-order valence-corrected chi connectivity index (χ3v) is 9.18. The SMILES string of the molecule is CC(C=CC=C(C)C=CC(=O)[C@]1(C)C[C@@H](O)CC1(C)C)=CC=CC=C(C)C=CC=C(C)C=CC1=C(C)C[C@@H](O)CC1(C)C.